The monoisotopic (exact) mass is 527 g/mol. The molecular formula is C32H40F3NO2. The quantitative estimate of drug-likeness (QED) is 0.260. The molecule has 1 heterocycles. The number of hydrogen-bond donors (Lipinski definition) is 0. The molecule has 0 saturated carbocycles. The third-order valence-electron chi connectivity index (χ3n) is 8.32. The fraction of sp³-hybridized carbons (Fsp3) is 0.531. The largest absolute Gasteiger partial charge is 0.469 e. The van der Waals surface area contributed by atoms with Crippen LogP contribution >= 0.6 is 0 Å². The van der Waals surface area contributed by atoms with Crippen LogP contribution in [-0.4, -0.2) is 17.6 Å². The lowest BCUT2D eigenvalue weighted by atomic mass is 9.68. The Balaban J connectivity index is 2.03. The summed E-state index contributed by atoms with van der Waals surface area (Å²) in [5.74, 6) is 0.159. The van der Waals surface area contributed by atoms with E-state index in [4.69, 9.17) is 4.74 Å². The van der Waals surface area contributed by atoms with Crippen molar-refractivity contribution in [3.05, 3.63) is 70.4 Å². The van der Waals surface area contributed by atoms with Gasteiger partial charge in [-0.05, 0) is 79.0 Å². The molecule has 0 radical (unpaired) electrons. The van der Waals surface area contributed by atoms with Crippen molar-refractivity contribution in [3.63, 3.8) is 0 Å². The number of esters is 1. The van der Waals surface area contributed by atoms with Gasteiger partial charge in [0.15, 0.2) is 0 Å². The van der Waals surface area contributed by atoms with Crippen LogP contribution in [0.25, 0.3) is 10.9 Å². The molecule has 1 aliphatic carbocycles. The Morgan fingerprint density at radius 2 is 1.74 bits per heavy atom. The summed E-state index contributed by atoms with van der Waals surface area (Å²) in [4.78, 5) is 12.8. The average molecular weight is 528 g/mol. The average Bonchev–Trinajstić information content (AvgIpc) is 3.22. The number of methoxy groups -OCH3 is 1. The minimum atomic E-state index is -4.37. The summed E-state index contributed by atoms with van der Waals surface area (Å²) in [7, 11) is 1.44. The van der Waals surface area contributed by atoms with Gasteiger partial charge >= 0.3 is 12.1 Å². The Morgan fingerprint density at radius 1 is 1.05 bits per heavy atom. The van der Waals surface area contributed by atoms with Crippen molar-refractivity contribution in [3.8, 4) is 0 Å². The molecule has 38 heavy (non-hydrogen) atoms. The van der Waals surface area contributed by atoms with Gasteiger partial charge in [-0.3, -0.25) is 4.79 Å². The fourth-order valence-corrected chi connectivity index (χ4v) is 6.58. The van der Waals surface area contributed by atoms with Crippen LogP contribution in [0.4, 0.5) is 13.2 Å². The van der Waals surface area contributed by atoms with Crippen LogP contribution in [0.2, 0.25) is 0 Å². The van der Waals surface area contributed by atoms with E-state index < -0.39 is 11.7 Å². The molecule has 0 N–H and O–H groups in total. The van der Waals surface area contributed by atoms with E-state index in [1.54, 1.807) is 12.1 Å². The number of halogens is 3. The molecule has 0 saturated heterocycles. The third kappa shape index (κ3) is 5.23. The summed E-state index contributed by atoms with van der Waals surface area (Å²) in [6.45, 7) is 8.63. The van der Waals surface area contributed by atoms with Gasteiger partial charge in [-0.25, -0.2) is 0 Å². The molecule has 206 valence electrons. The topological polar surface area (TPSA) is 31.2 Å². The van der Waals surface area contributed by atoms with Gasteiger partial charge in [-0.15, -0.1) is 0 Å². The normalized spacial score (nSPS) is 18.6. The predicted octanol–water partition coefficient (Wildman–Crippen LogP) is 9.11. The maximum Gasteiger partial charge on any atom is 0.416 e. The van der Waals surface area contributed by atoms with Crippen molar-refractivity contribution in [2.75, 3.05) is 7.11 Å². The molecule has 0 spiro atoms. The van der Waals surface area contributed by atoms with Gasteiger partial charge in [-0.1, -0.05) is 58.7 Å². The zero-order valence-electron chi connectivity index (χ0n) is 23.3. The molecule has 0 amide bonds. The Kier molecular flexibility index (Phi) is 8.29. The van der Waals surface area contributed by atoms with Crippen molar-refractivity contribution in [2.24, 2.45) is 0 Å². The fourth-order valence-electron chi connectivity index (χ4n) is 6.58. The number of aromatic nitrogens is 1. The Hall–Kier alpha value is -2.76. The molecule has 2 atom stereocenters. The lowest BCUT2D eigenvalue weighted by Gasteiger charge is -2.40. The summed E-state index contributed by atoms with van der Waals surface area (Å²) >= 11 is 0. The van der Waals surface area contributed by atoms with Crippen LogP contribution in [0, 0.1) is 0 Å². The molecule has 1 aromatic heterocycles. The Labute approximate surface area is 224 Å². The first kappa shape index (κ1) is 28.3. The van der Waals surface area contributed by atoms with Crippen molar-refractivity contribution < 1.29 is 22.7 Å². The van der Waals surface area contributed by atoms with Crippen molar-refractivity contribution >= 4 is 16.9 Å². The second-order valence-corrected chi connectivity index (χ2v) is 11.2. The van der Waals surface area contributed by atoms with Gasteiger partial charge in [0.05, 0.1) is 25.1 Å². The molecule has 0 aliphatic heterocycles. The molecule has 2 unspecified atom stereocenters. The standard InChI is InChI=1S/C32H40F3NO2/c1-6-9-27(22-11-14-24(15-12-22)32(33,34)35)36-28-16-13-23(21(3)4)19-26(28)25-10-8-18-31(17-7-2,30(25)36)20-29(37)38-5/h11-16,19,21,27H,6-10,17-18,20H2,1-5H3. The first-order valence-corrected chi connectivity index (χ1v) is 14.0. The summed E-state index contributed by atoms with van der Waals surface area (Å²) in [5.41, 5.74) is 4.70. The van der Waals surface area contributed by atoms with Crippen molar-refractivity contribution in [2.45, 2.75) is 103 Å². The number of alkyl halides is 3. The van der Waals surface area contributed by atoms with Crippen molar-refractivity contribution in [1.29, 1.82) is 0 Å². The summed E-state index contributed by atoms with van der Waals surface area (Å²) < 4.78 is 47.7. The zero-order valence-corrected chi connectivity index (χ0v) is 23.3. The molecule has 0 fully saturated rings. The zero-order chi connectivity index (χ0) is 27.7. The maximum atomic E-state index is 13.4. The highest BCUT2D eigenvalue weighted by molar-refractivity contribution is 5.88. The van der Waals surface area contributed by atoms with E-state index in [0.29, 0.717) is 12.3 Å². The second kappa shape index (κ2) is 11.2. The SMILES string of the molecule is CCCC(c1ccc(C(F)(F)F)cc1)n1c2c(c3cc(C(C)C)ccc31)CCCC2(CCC)CC(=O)OC. The number of carbonyl (C=O) groups is 1. The summed E-state index contributed by atoms with van der Waals surface area (Å²) in [6, 6.07) is 12.2. The number of fused-ring (bicyclic) bond motifs is 3. The molecule has 1 aliphatic rings. The predicted molar refractivity (Wildman–Crippen MR) is 147 cm³/mol. The van der Waals surface area contributed by atoms with Crippen LogP contribution in [-0.2, 0) is 27.5 Å². The highest BCUT2D eigenvalue weighted by Gasteiger charge is 2.43. The highest BCUT2D eigenvalue weighted by Crippen LogP contribution is 2.50. The third-order valence-corrected chi connectivity index (χ3v) is 8.32. The van der Waals surface area contributed by atoms with Gasteiger partial charge in [0.25, 0.3) is 0 Å². The van der Waals surface area contributed by atoms with E-state index in [1.807, 2.05) is 0 Å². The lowest BCUT2D eigenvalue weighted by molar-refractivity contribution is -0.142. The Morgan fingerprint density at radius 3 is 2.32 bits per heavy atom. The Bertz CT molecular complexity index is 1270. The van der Waals surface area contributed by atoms with Gasteiger partial charge < -0.3 is 9.30 Å². The van der Waals surface area contributed by atoms with Gasteiger partial charge in [0.1, 0.15) is 0 Å². The van der Waals surface area contributed by atoms with Crippen LogP contribution < -0.4 is 0 Å². The first-order chi connectivity index (χ1) is 18.1. The smallest absolute Gasteiger partial charge is 0.416 e. The van der Waals surface area contributed by atoms with Crippen LogP contribution in [0.5, 0.6) is 0 Å². The van der Waals surface area contributed by atoms with Crippen LogP contribution in [0.3, 0.4) is 0 Å². The molecule has 4 rings (SSSR count). The number of benzene rings is 2. The molecule has 3 nitrogen and oxygen atoms in total. The highest BCUT2D eigenvalue weighted by atomic mass is 19.4. The molecular weight excluding hydrogens is 487 g/mol. The van der Waals surface area contributed by atoms with Crippen LogP contribution in [0.15, 0.2) is 42.5 Å². The van der Waals surface area contributed by atoms with E-state index >= 15 is 0 Å². The number of aryl methyl sites for hydroxylation is 1. The minimum absolute atomic E-state index is 0.134. The van der Waals surface area contributed by atoms with Gasteiger partial charge in [0, 0.05) is 22.0 Å². The molecule has 3 aromatic rings. The number of rotatable bonds is 9. The summed E-state index contributed by atoms with van der Waals surface area (Å²) in [6.07, 6.45) is 2.19. The number of hydrogen-bond acceptors (Lipinski definition) is 2. The van der Waals surface area contributed by atoms with Gasteiger partial charge in [-0.2, -0.15) is 13.2 Å². The minimum Gasteiger partial charge on any atom is -0.469 e. The van der Waals surface area contributed by atoms with E-state index in [-0.39, 0.29) is 17.4 Å². The molecule has 2 aromatic carbocycles. The lowest BCUT2D eigenvalue weighted by Crippen LogP contribution is -2.37. The van der Waals surface area contributed by atoms with Crippen LogP contribution in [0.1, 0.15) is 113 Å². The number of ether oxygens (including phenoxy) is 1. The van der Waals surface area contributed by atoms with E-state index in [2.05, 4.69) is 50.5 Å². The number of carbonyl (C=O) groups excluding carboxylic acids is 1. The molecule has 0 bridgehead atoms. The van der Waals surface area contributed by atoms with Gasteiger partial charge in [0.2, 0.25) is 0 Å². The molecule has 6 heteroatoms. The first-order valence-electron chi connectivity index (χ1n) is 14.0. The maximum absolute atomic E-state index is 13.4. The van der Waals surface area contributed by atoms with Crippen molar-refractivity contribution in [1.82, 2.24) is 4.57 Å². The van der Waals surface area contributed by atoms with E-state index in [0.717, 1.165) is 56.0 Å². The second-order valence-electron chi connectivity index (χ2n) is 11.2. The summed E-state index contributed by atoms with van der Waals surface area (Å²) in [5, 5.41) is 1.21. The van der Waals surface area contributed by atoms with E-state index in [1.165, 1.54) is 41.4 Å². The number of nitrogens with zero attached hydrogens (tertiary/aromatic N) is 1. The van der Waals surface area contributed by atoms with E-state index in [9.17, 15) is 18.0 Å².